The van der Waals surface area contributed by atoms with E-state index in [0.717, 1.165) is 18.4 Å². The van der Waals surface area contributed by atoms with Gasteiger partial charge in [-0.15, -0.1) is 0 Å². The molecule has 0 bridgehead atoms. The van der Waals surface area contributed by atoms with Crippen LogP contribution >= 0.6 is 0 Å². The van der Waals surface area contributed by atoms with Crippen molar-refractivity contribution < 1.29 is 14.7 Å². The second-order valence-electron chi connectivity index (χ2n) is 6.39. The third-order valence-corrected chi connectivity index (χ3v) is 4.55. The van der Waals surface area contributed by atoms with Gasteiger partial charge in [-0.25, -0.2) is 10.0 Å². The first-order valence-electron chi connectivity index (χ1n) is 8.82. The molecule has 0 saturated carbocycles. The van der Waals surface area contributed by atoms with Crippen LogP contribution in [0, 0.1) is 5.92 Å². The van der Waals surface area contributed by atoms with E-state index >= 15 is 0 Å². The summed E-state index contributed by atoms with van der Waals surface area (Å²) >= 11 is 0. The average Bonchev–Trinajstić information content (AvgIpc) is 2.91. The van der Waals surface area contributed by atoms with E-state index in [1.165, 1.54) is 22.2 Å². The van der Waals surface area contributed by atoms with E-state index in [4.69, 9.17) is 5.73 Å². The van der Waals surface area contributed by atoms with Gasteiger partial charge >= 0.3 is 0 Å². The first kappa shape index (κ1) is 17.9. The summed E-state index contributed by atoms with van der Waals surface area (Å²) in [6.07, 6.45) is 2.25. The van der Waals surface area contributed by atoms with Gasteiger partial charge in [-0.2, -0.15) is 0 Å². The topological polar surface area (TPSA) is 86.9 Å². The van der Waals surface area contributed by atoms with E-state index in [2.05, 4.69) is 0 Å². The van der Waals surface area contributed by atoms with Gasteiger partial charge in [0.2, 0.25) is 0 Å². The van der Waals surface area contributed by atoms with Gasteiger partial charge in [0.05, 0.1) is 11.4 Å². The molecular weight excluding hydrogens is 330 g/mol. The van der Waals surface area contributed by atoms with Gasteiger partial charge in [0, 0.05) is 6.54 Å². The zero-order valence-corrected chi connectivity index (χ0v) is 14.8. The van der Waals surface area contributed by atoms with Crippen molar-refractivity contribution in [3.63, 3.8) is 0 Å². The Bertz CT molecular complexity index is 804. The molecule has 1 unspecified atom stereocenters. The van der Waals surface area contributed by atoms with Gasteiger partial charge in [-0.3, -0.25) is 9.59 Å². The van der Waals surface area contributed by atoms with Gasteiger partial charge in [-0.1, -0.05) is 31.9 Å². The molecule has 0 aliphatic carbocycles. The molecule has 1 aliphatic heterocycles. The molecule has 0 aromatic heterocycles. The molecule has 0 spiro atoms. The number of anilines is 2. The number of carbonyl (C=O) groups excluding carboxylic acids is 2. The van der Waals surface area contributed by atoms with Crippen LogP contribution < -0.4 is 15.8 Å². The monoisotopic (exact) mass is 353 g/mol. The Morgan fingerprint density at radius 2 is 1.65 bits per heavy atom. The van der Waals surface area contributed by atoms with Crippen molar-refractivity contribution in [1.29, 1.82) is 0 Å². The Morgan fingerprint density at radius 1 is 1.00 bits per heavy atom. The number of hydrogen-bond donors (Lipinski definition) is 2. The molecule has 1 saturated heterocycles. The van der Waals surface area contributed by atoms with E-state index < -0.39 is 5.92 Å². The Balaban J connectivity index is 2.05. The van der Waals surface area contributed by atoms with Gasteiger partial charge in [0.25, 0.3) is 11.8 Å². The van der Waals surface area contributed by atoms with Crippen molar-refractivity contribution in [3.8, 4) is 5.75 Å². The summed E-state index contributed by atoms with van der Waals surface area (Å²) in [5.74, 6) is -1.06. The molecule has 1 fully saturated rings. The fourth-order valence-electron chi connectivity index (χ4n) is 3.15. The van der Waals surface area contributed by atoms with Crippen molar-refractivity contribution in [1.82, 2.24) is 0 Å². The Labute approximate surface area is 152 Å². The summed E-state index contributed by atoms with van der Waals surface area (Å²) in [6, 6.07) is 13.6. The third-order valence-electron chi connectivity index (χ3n) is 4.55. The summed E-state index contributed by atoms with van der Waals surface area (Å²) in [5, 5.41) is 12.4. The lowest BCUT2D eigenvalue weighted by Gasteiger charge is -2.28. The van der Waals surface area contributed by atoms with Crippen LogP contribution in [0.3, 0.4) is 0 Å². The number of hydrogen-bond acceptors (Lipinski definition) is 4. The van der Waals surface area contributed by atoms with Crippen molar-refractivity contribution in [2.24, 2.45) is 11.7 Å². The van der Waals surface area contributed by atoms with Crippen LogP contribution in [0.25, 0.3) is 0 Å². The minimum absolute atomic E-state index is 0.103. The van der Waals surface area contributed by atoms with Crippen molar-refractivity contribution >= 4 is 23.2 Å². The number of aromatic hydroxyl groups is 1. The molecule has 2 aromatic rings. The van der Waals surface area contributed by atoms with Crippen molar-refractivity contribution in [2.45, 2.75) is 32.7 Å². The van der Waals surface area contributed by atoms with Gasteiger partial charge < -0.3 is 10.8 Å². The predicted molar refractivity (Wildman–Crippen MR) is 100 cm³/mol. The average molecular weight is 353 g/mol. The minimum Gasteiger partial charge on any atom is -0.508 e. The first-order valence-corrected chi connectivity index (χ1v) is 8.82. The lowest BCUT2D eigenvalue weighted by molar-refractivity contribution is -0.127. The molecule has 0 radical (unpaired) electrons. The molecular formula is C20H23N3O3. The Kier molecular flexibility index (Phi) is 5.23. The number of phenolic OH excluding ortho intramolecular Hbond substituents is 1. The van der Waals surface area contributed by atoms with Crippen LogP contribution in [0.5, 0.6) is 5.75 Å². The third kappa shape index (κ3) is 3.28. The number of unbranched alkanes of at least 4 members (excludes halogenated alkanes) is 1. The highest BCUT2D eigenvalue weighted by atomic mass is 16.3. The highest BCUT2D eigenvalue weighted by Gasteiger charge is 2.46. The maximum atomic E-state index is 13.1. The van der Waals surface area contributed by atoms with Crippen LogP contribution in [0.4, 0.5) is 11.4 Å². The molecule has 6 nitrogen and oxygen atoms in total. The van der Waals surface area contributed by atoms with Gasteiger partial charge in [0.15, 0.2) is 0 Å². The first-order chi connectivity index (χ1) is 12.6. The molecule has 1 heterocycles. The maximum Gasteiger partial charge on any atom is 0.258 e. The smallest absolute Gasteiger partial charge is 0.258 e. The van der Waals surface area contributed by atoms with Gasteiger partial charge in [-0.05, 0) is 48.4 Å². The second kappa shape index (κ2) is 7.58. The zero-order chi connectivity index (χ0) is 18.7. The van der Waals surface area contributed by atoms with E-state index in [-0.39, 0.29) is 17.6 Å². The molecule has 26 heavy (non-hydrogen) atoms. The maximum absolute atomic E-state index is 13.1. The lowest BCUT2D eigenvalue weighted by atomic mass is 10.0. The summed E-state index contributed by atoms with van der Waals surface area (Å²) in [7, 11) is 0. The second-order valence-corrected chi connectivity index (χ2v) is 6.39. The predicted octanol–water partition coefficient (Wildman–Crippen LogP) is 2.95. The molecule has 136 valence electrons. The van der Waals surface area contributed by atoms with E-state index in [1.807, 2.05) is 25.1 Å². The molecule has 3 N–H and O–H groups in total. The van der Waals surface area contributed by atoms with E-state index in [9.17, 15) is 14.7 Å². The molecule has 6 heteroatoms. The molecule has 1 aliphatic rings. The summed E-state index contributed by atoms with van der Waals surface area (Å²) < 4.78 is 0. The number of amides is 2. The number of carbonyl (C=O) groups is 2. The molecule has 2 aromatic carbocycles. The Morgan fingerprint density at radius 3 is 2.27 bits per heavy atom. The Hall–Kier alpha value is -2.86. The minimum atomic E-state index is -0.690. The summed E-state index contributed by atoms with van der Waals surface area (Å²) in [4.78, 5) is 26.1. The van der Waals surface area contributed by atoms with E-state index in [1.54, 1.807) is 18.2 Å². The van der Waals surface area contributed by atoms with Crippen LogP contribution in [-0.4, -0.2) is 16.9 Å². The quantitative estimate of drug-likeness (QED) is 0.782. The van der Waals surface area contributed by atoms with Crippen LogP contribution in [0.2, 0.25) is 0 Å². The van der Waals surface area contributed by atoms with E-state index in [0.29, 0.717) is 24.3 Å². The highest BCUT2D eigenvalue weighted by Crippen LogP contribution is 2.34. The van der Waals surface area contributed by atoms with Crippen LogP contribution in [0.15, 0.2) is 48.5 Å². The highest BCUT2D eigenvalue weighted by molar-refractivity contribution is 6.23. The molecule has 2 amide bonds. The molecule has 3 rings (SSSR count). The summed E-state index contributed by atoms with van der Waals surface area (Å²) in [5.41, 5.74) is 7.75. The fraction of sp³-hybridized carbons (Fsp3) is 0.300. The number of nitrogens with two attached hydrogens (primary N) is 1. The molecule has 1 atom stereocenters. The van der Waals surface area contributed by atoms with Gasteiger partial charge in [0.1, 0.15) is 11.7 Å². The number of benzene rings is 2. The number of nitrogens with zero attached hydrogens (tertiary/aromatic N) is 2. The van der Waals surface area contributed by atoms with Crippen molar-refractivity contribution in [3.05, 3.63) is 54.1 Å². The summed E-state index contributed by atoms with van der Waals surface area (Å²) in [6.45, 7) is 2.38. The normalized spacial score (nSPS) is 17.2. The van der Waals surface area contributed by atoms with Crippen LogP contribution in [-0.2, 0) is 16.1 Å². The number of rotatable bonds is 6. The SMILES string of the molecule is CCCCC1C(=O)N(c2ccc(O)cc2)N(c2cccc(CN)c2)C1=O. The lowest BCUT2D eigenvalue weighted by Crippen LogP contribution is -2.41. The number of hydrazine groups is 1. The van der Waals surface area contributed by atoms with Crippen molar-refractivity contribution in [2.75, 3.05) is 10.0 Å². The fourth-order valence-corrected chi connectivity index (χ4v) is 3.15. The van der Waals surface area contributed by atoms with Crippen LogP contribution in [0.1, 0.15) is 31.7 Å². The number of phenols is 1. The largest absolute Gasteiger partial charge is 0.508 e. The standard InChI is InChI=1S/C20H23N3O3/c1-2-3-7-18-19(25)22(15-8-10-17(24)11-9-15)23(20(18)26)16-6-4-5-14(12-16)13-21/h4-6,8-12,18,24H,2-3,7,13,21H2,1H3. The zero-order valence-electron chi connectivity index (χ0n) is 14.8.